The van der Waals surface area contributed by atoms with E-state index in [0.717, 1.165) is 0 Å². The zero-order chi connectivity index (χ0) is 10.6. The van der Waals surface area contributed by atoms with Crippen LogP contribution in [0.15, 0.2) is 24.3 Å². The van der Waals surface area contributed by atoms with Crippen molar-refractivity contribution in [3.05, 3.63) is 24.3 Å². The molecule has 0 saturated carbocycles. The van der Waals surface area contributed by atoms with Gasteiger partial charge in [-0.2, -0.15) is 0 Å². The van der Waals surface area contributed by atoms with Gasteiger partial charge in [0, 0.05) is 0 Å². The van der Waals surface area contributed by atoms with Crippen molar-refractivity contribution in [2.75, 3.05) is 6.61 Å². The number of hydrogen-bond donors (Lipinski definition) is 2. The second-order valence-corrected chi connectivity index (χ2v) is 3.11. The molecule has 1 aromatic rings. The lowest BCUT2D eigenvalue weighted by molar-refractivity contribution is -0.122. The van der Waals surface area contributed by atoms with Crippen molar-refractivity contribution in [1.29, 1.82) is 0 Å². The molecule has 1 rings (SSSR count). The molecule has 0 spiro atoms. The molecule has 3 N–H and O–H groups in total. The Morgan fingerprint density at radius 2 is 2.07 bits per heavy atom. The summed E-state index contributed by atoms with van der Waals surface area (Å²) >= 11 is 0. The van der Waals surface area contributed by atoms with E-state index in [4.69, 9.17) is 15.6 Å². The second-order valence-electron chi connectivity index (χ2n) is 3.11. The molecule has 0 saturated heterocycles. The number of benzene rings is 1. The SMILES string of the molecule is CC(COc1ccc(O)cc1)C(N)=O. The van der Waals surface area contributed by atoms with Gasteiger partial charge >= 0.3 is 0 Å². The average Bonchev–Trinajstić information content (AvgIpc) is 2.16. The van der Waals surface area contributed by atoms with Crippen LogP contribution in [0.2, 0.25) is 0 Å². The van der Waals surface area contributed by atoms with Crippen molar-refractivity contribution in [2.45, 2.75) is 6.92 Å². The predicted molar refractivity (Wildman–Crippen MR) is 52.0 cm³/mol. The molecule has 0 aliphatic heterocycles. The Labute approximate surface area is 82.3 Å². The van der Waals surface area contributed by atoms with Gasteiger partial charge in [0.2, 0.25) is 5.91 Å². The number of phenols is 1. The molecule has 0 fully saturated rings. The van der Waals surface area contributed by atoms with Crippen LogP contribution in [-0.2, 0) is 4.79 Å². The number of rotatable bonds is 4. The van der Waals surface area contributed by atoms with E-state index in [-0.39, 0.29) is 24.2 Å². The zero-order valence-electron chi connectivity index (χ0n) is 7.93. The van der Waals surface area contributed by atoms with Crippen molar-refractivity contribution in [3.63, 3.8) is 0 Å². The van der Waals surface area contributed by atoms with Gasteiger partial charge in [-0.3, -0.25) is 4.79 Å². The Kier molecular flexibility index (Phi) is 3.34. The number of ether oxygens (including phenoxy) is 1. The number of carbonyl (C=O) groups is 1. The van der Waals surface area contributed by atoms with Gasteiger partial charge < -0.3 is 15.6 Å². The fourth-order valence-corrected chi connectivity index (χ4v) is 0.846. The van der Waals surface area contributed by atoms with Gasteiger partial charge in [0.25, 0.3) is 0 Å². The molecule has 4 nitrogen and oxygen atoms in total. The molecule has 14 heavy (non-hydrogen) atoms. The van der Waals surface area contributed by atoms with Gasteiger partial charge in [-0.15, -0.1) is 0 Å². The lowest BCUT2D eigenvalue weighted by atomic mass is 10.2. The van der Waals surface area contributed by atoms with Gasteiger partial charge in [-0.25, -0.2) is 0 Å². The van der Waals surface area contributed by atoms with Crippen LogP contribution in [0.4, 0.5) is 0 Å². The van der Waals surface area contributed by atoms with E-state index in [1.165, 1.54) is 12.1 Å². The highest BCUT2D eigenvalue weighted by atomic mass is 16.5. The summed E-state index contributed by atoms with van der Waals surface area (Å²) in [5.74, 6) is 0.0868. The molecule has 1 aromatic carbocycles. The van der Waals surface area contributed by atoms with E-state index in [9.17, 15) is 4.79 Å². The smallest absolute Gasteiger partial charge is 0.223 e. The minimum Gasteiger partial charge on any atom is -0.508 e. The Balaban J connectivity index is 2.46. The van der Waals surface area contributed by atoms with Crippen LogP contribution in [0.3, 0.4) is 0 Å². The molecule has 0 radical (unpaired) electrons. The Morgan fingerprint density at radius 3 is 2.57 bits per heavy atom. The van der Waals surface area contributed by atoms with Gasteiger partial charge in [0.15, 0.2) is 0 Å². The number of amides is 1. The van der Waals surface area contributed by atoms with Crippen molar-refractivity contribution in [2.24, 2.45) is 11.7 Å². The van der Waals surface area contributed by atoms with Gasteiger partial charge in [-0.05, 0) is 24.3 Å². The first-order valence-electron chi connectivity index (χ1n) is 4.30. The van der Waals surface area contributed by atoms with E-state index in [2.05, 4.69) is 0 Å². The standard InChI is InChI=1S/C10H13NO3/c1-7(10(11)13)6-14-9-4-2-8(12)3-5-9/h2-5,7,12H,6H2,1H3,(H2,11,13). The van der Waals surface area contributed by atoms with E-state index in [1.807, 2.05) is 0 Å². The summed E-state index contributed by atoms with van der Waals surface area (Å²) in [6.07, 6.45) is 0. The molecule has 0 bridgehead atoms. The molecule has 0 heterocycles. The van der Waals surface area contributed by atoms with Crippen molar-refractivity contribution in [3.8, 4) is 11.5 Å². The molecule has 4 heteroatoms. The van der Waals surface area contributed by atoms with E-state index < -0.39 is 0 Å². The Hall–Kier alpha value is -1.71. The summed E-state index contributed by atoms with van der Waals surface area (Å²) in [4.78, 5) is 10.7. The first kappa shape index (κ1) is 10.4. The number of phenolic OH excluding ortho intramolecular Hbond substituents is 1. The van der Waals surface area contributed by atoms with Gasteiger partial charge in [0.1, 0.15) is 11.5 Å². The summed E-state index contributed by atoms with van der Waals surface area (Å²) in [6, 6.07) is 6.29. The van der Waals surface area contributed by atoms with Crippen LogP contribution in [0, 0.1) is 5.92 Å². The largest absolute Gasteiger partial charge is 0.508 e. The summed E-state index contributed by atoms with van der Waals surface area (Å²) in [6.45, 7) is 1.95. The van der Waals surface area contributed by atoms with Crippen LogP contribution in [0.1, 0.15) is 6.92 Å². The maximum atomic E-state index is 10.7. The molecular formula is C10H13NO3. The van der Waals surface area contributed by atoms with Crippen LogP contribution in [0.5, 0.6) is 11.5 Å². The van der Waals surface area contributed by atoms with Crippen LogP contribution < -0.4 is 10.5 Å². The maximum absolute atomic E-state index is 10.7. The van der Waals surface area contributed by atoms with Crippen molar-refractivity contribution < 1.29 is 14.6 Å². The summed E-state index contributed by atoms with van der Waals surface area (Å²) in [7, 11) is 0. The molecule has 0 aliphatic rings. The minimum atomic E-state index is -0.385. The lowest BCUT2D eigenvalue weighted by Gasteiger charge is -2.09. The normalized spacial score (nSPS) is 12.1. The monoisotopic (exact) mass is 195 g/mol. The number of carbonyl (C=O) groups excluding carboxylic acids is 1. The molecule has 76 valence electrons. The van der Waals surface area contributed by atoms with Crippen molar-refractivity contribution in [1.82, 2.24) is 0 Å². The molecule has 1 atom stereocenters. The first-order chi connectivity index (χ1) is 6.59. The topological polar surface area (TPSA) is 72.6 Å². The fraction of sp³-hybridized carbons (Fsp3) is 0.300. The van der Waals surface area contributed by atoms with Crippen LogP contribution in [0.25, 0.3) is 0 Å². The van der Waals surface area contributed by atoms with Crippen LogP contribution >= 0.6 is 0 Å². The van der Waals surface area contributed by atoms with Gasteiger partial charge in [-0.1, -0.05) is 6.92 Å². The molecule has 1 amide bonds. The highest BCUT2D eigenvalue weighted by Gasteiger charge is 2.08. The molecular weight excluding hydrogens is 182 g/mol. The number of hydrogen-bond acceptors (Lipinski definition) is 3. The zero-order valence-corrected chi connectivity index (χ0v) is 7.93. The quantitative estimate of drug-likeness (QED) is 0.749. The fourth-order valence-electron chi connectivity index (χ4n) is 0.846. The van der Waals surface area contributed by atoms with Crippen molar-refractivity contribution >= 4 is 5.91 Å². The predicted octanol–water partition coefficient (Wildman–Crippen LogP) is 0.892. The van der Waals surface area contributed by atoms with E-state index in [0.29, 0.717) is 5.75 Å². The Morgan fingerprint density at radius 1 is 1.50 bits per heavy atom. The highest BCUT2D eigenvalue weighted by Crippen LogP contribution is 2.16. The highest BCUT2D eigenvalue weighted by molar-refractivity contribution is 5.76. The van der Waals surface area contributed by atoms with E-state index >= 15 is 0 Å². The van der Waals surface area contributed by atoms with E-state index in [1.54, 1.807) is 19.1 Å². The molecule has 1 unspecified atom stereocenters. The summed E-state index contributed by atoms with van der Waals surface area (Å²) in [5, 5.41) is 8.99. The third kappa shape index (κ3) is 2.97. The number of aromatic hydroxyl groups is 1. The average molecular weight is 195 g/mol. The second kappa shape index (κ2) is 4.50. The molecule has 0 aliphatic carbocycles. The maximum Gasteiger partial charge on any atom is 0.223 e. The number of primary amides is 1. The summed E-state index contributed by atoms with van der Waals surface area (Å²) in [5.41, 5.74) is 5.07. The lowest BCUT2D eigenvalue weighted by Crippen LogP contribution is -2.25. The van der Waals surface area contributed by atoms with Gasteiger partial charge in [0.05, 0.1) is 12.5 Å². The minimum absolute atomic E-state index is 0.181. The Bertz CT molecular complexity index is 308. The number of nitrogens with two attached hydrogens (primary N) is 1. The first-order valence-corrected chi connectivity index (χ1v) is 4.30. The third-order valence-corrected chi connectivity index (χ3v) is 1.82. The molecule has 0 aromatic heterocycles. The summed E-state index contributed by atoms with van der Waals surface area (Å²) < 4.78 is 5.27. The third-order valence-electron chi connectivity index (χ3n) is 1.82. The van der Waals surface area contributed by atoms with Crippen LogP contribution in [-0.4, -0.2) is 17.6 Å².